The molecular formula is C17H23FN2O2. The molecule has 1 aromatic rings. The molecule has 1 aromatic carbocycles. The smallest absolute Gasteiger partial charge is 0.256 e. The highest BCUT2D eigenvalue weighted by molar-refractivity contribution is 5.95. The summed E-state index contributed by atoms with van der Waals surface area (Å²) in [6, 6.07) is 6.00. The van der Waals surface area contributed by atoms with Crippen LogP contribution in [0.3, 0.4) is 0 Å². The molecule has 1 saturated heterocycles. The Balaban J connectivity index is 2.09. The number of halogens is 1. The zero-order chi connectivity index (χ0) is 16.1. The lowest BCUT2D eigenvalue weighted by Gasteiger charge is -2.34. The number of hydrogen-bond donors (Lipinski definition) is 0. The van der Waals surface area contributed by atoms with E-state index in [0.29, 0.717) is 26.2 Å². The summed E-state index contributed by atoms with van der Waals surface area (Å²) in [6.07, 6.45) is 1.56. The average molecular weight is 306 g/mol. The number of amides is 2. The molecule has 1 aliphatic rings. The molecule has 22 heavy (non-hydrogen) atoms. The zero-order valence-corrected chi connectivity index (χ0v) is 13.2. The van der Waals surface area contributed by atoms with Gasteiger partial charge >= 0.3 is 0 Å². The Labute approximate surface area is 130 Å². The molecule has 5 heteroatoms. The van der Waals surface area contributed by atoms with Crippen molar-refractivity contribution in [1.29, 1.82) is 0 Å². The number of rotatable bonds is 4. The van der Waals surface area contributed by atoms with Gasteiger partial charge in [0, 0.05) is 26.2 Å². The predicted octanol–water partition coefficient (Wildman–Crippen LogP) is 2.55. The second-order valence-corrected chi connectivity index (χ2v) is 5.58. The Morgan fingerprint density at radius 1 is 1.27 bits per heavy atom. The highest BCUT2D eigenvalue weighted by atomic mass is 19.1. The van der Waals surface area contributed by atoms with Gasteiger partial charge in [-0.3, -0.25) is 9.59 Å². The van der Waals surface area contributed by atoms with Crippen molar-refractivity contribution < 1.29 is 14.0 Å². The monoisotopic (exact) mass is 306 g/mol. The number of carbonyl (C=O) groups excluding carboxylic acids is 2. The molecule has 1 atom stereocenters. The van der Waals surface area contributed by atoms with Gasteiger partial charge in [-0.2, -0.15) is 0 Å². The summed E-state index contributed by atoms with van der Waals surface area (Å²) in [5.74, 6) is -0.916. The fourth-order valence-corrected chi connectivity index (χ4v) is 2.96. The van der Waals surface area contributed by atoms with E-state index in [1.165, 1.54) is 12.1 Å². The van der Waals surface area contributed by atoms with Crippen molar-refractivity contribution in [2.24, 2.45) is 5.92 Å². The largest absolute Gasteiger partial charge is 0.343 e. The van der Waals surface area contributed by atoms with Crippen LogP contribution in [0, 0.1) is 11.7 Å². The lowest BCUT2D eigenvalue weighted by Crippen LogP contribution is -2.46. The predicted molar refractivity (Wildman–Crippen MR) is 83.0 cm³/mol. The zero-order valence-electron chi connectivity index (χ0n) is 13.2. The van der Waals surface area contributed by atoms with Gasteiger partial charge in [0.1, 0.15) is 5.82 Å². The maximum absolute atomic E-state index is 13.8. The van der Waals surface area contributed by atoms with Gasteiger partial charge in [0.2, 0.25) is 5.91 Å². The summed E-state index contributed by atoms with van der Waals surface area (Å²) in [7, 11) is 0. The van der Waals surface area contributed by atoms with Crippen LogP contribution in [0.25, 0.3) is 0 Å². The first-order valence-electron chi connectivity index (χ1n) is 7.91. The number of piperidine rings is 1. The van der Waals surface area contributed by atoms with Crippen LogP contribution < -0.4 is 0 Å². The van der Waals surface area contributed by atoms with Crippen molar-refractivity contribution in [3.05, 3.63) is 35.6 Å². The van der Waals surface area contributed by atoms with Crippen LogP contribution in [-0.2, 0) is 4.79 Å². The normalized spacial score (nSPS) is 18.1. The molecule has 0 aromatic heterocycles. The van der Waals surface area contributed by atoms with Gasteiger partial charge in [-0.25, -0.2) is 4.39 Å². The molecule has 0 spiro atoms. The molecule has 1 unspecified atom stereocenters. The minimum Gasteiger partial charge on any atom is -0.343 e. The molecular weight excluding hydrogens is 283 g/mol. The average Bonchev–Trinajstić information content (AvgIpc) is 2.56. The third-order valence-electron chi connectivity index (χ3n) is 4.24. The Kier molecular flexibility index (Phi) is 5.52. The van der Waals surface area contributed by atoms with Crippen LogP contribution in [0.1, 0.15) is 37.0 Å². The van der Waals surface area contributed by atoms with Crippen molar-refractivity contribution in [3.63, 3.8) is 0 Å². The number of nitrogens with zero attached hydrogens (tertiary/aromatic N) is 2. The van der Waals surface area contributed by atoms with Gasteiger partial charge in [0.25, 0.3) is 5.91 Å². The summed E-state index contributed by atoms with van der Waals surface area (Å²) < 4.78 is 13.8. The Morgan fingerprint density at radius 3 is 2.59 bits per heavy atom. The second kappa shape index (κ2) is 7.38. The molecule has 0 saturated carbocycles. The molecule has 0 radical (unpaired) electrons. The summed E-state index contributed by atoms with van der Waals surface area (Å²) in [4.78, 5) is 28.3. The minimum atomic E-state index is -0.510. The van der Waals surface area contributed by atoms with Gasteiger partial charge in [-0.15, -0.1) is 0 Å². The lowest BCUT2D eigenvalue weighted by atomic mass is 9.95. The van der Waals surface area contributed by atoms with Gasteiger partial charge in [0.15, 0.2) is 0 Å². The van der Waals surface area contributed by atoms with E-state index in [9.17, 15) is 14.0 Å². The van der Waals surface area contributed by atoms with E-state index in [-0.39, 0.29) is 23.3 Å². The molecule has 4 nitrogen and oxygen atoms in total. The van der Waals surface area contributed by atoms with Crippen LogP contribution in [0.4, 0.5) is 4.39 Å². The van der Waals surface area contributed by atoms with Crippen molar-refractivity contribution in [2.45, 2.75) is 26.7 Å². The summed E-state index contributed by atoms with van der Waals surface area (Å²) >= 11 is 0. The first kappa shape index (κ1) is 16.5. The number of hydrogen-bond acceptors (Lipinski definition) is 2. The number of benzene rings is 1. The molecule has 120 valence electrons. The van der Waals surface area contributed by atoms with Crippen molar-refractivity contribution in [1.82, 2.24) is 9.80 Å². The third kappa shape index (κ3) is 3.46. The van der Waals surface area contributed by atoms with Gasteiger partial charge < -0.3 is 9.80 Å². The van der Waals surface area contributed by atoms with Crippen molar-refractivity contribution in [3.8, 4) is 0 Å². The SMILES string of the molecule is CCN(CC)C(=O)C1CCCN(C(=O)c2ccccc2F)C1. The highest BCUT2D eigenvalue weighted by Gasteiger charge is 2.31. The number of likely N-dealkylation sites (tertiary alicyclic amines) is 1. The first-order valence-corrected chi connectivity index (χ1v) is 7.91. The van der Waals surface area contributed by atoms with Crippen LogP contribution in [0.2, 0.25) is 0 Å². The van der Waals surface area contributed by atoms with Crippen LogP contribution in [-0.4, -0.2) is 47.8 Å². The molecule has 1 heterocycles. The maximum Gasteiger partial charge on any atom is 0.256 e. The summed E-state index contributed by atoms with van der Waals surface area (Å²) in [5.41, 5.74) is 0.0819. The van der Waals surface area contributed by atoms with Crippen LogP contribution >= 0.6 is 0 Å². The van der Waals surface area contributed by atoms with E-state index >= 15 is 0 Å². The molecule has 0 bridgehead atoms. The van der Waals surface area contributed by atoms with Gasteiger partial charge in [-0.05, 0) is 38.8 Å². The van der Waals surface area contributed by atoms with E-state index < -0.39 is 5.82 Å². The van der Waals surface area contributed by atoms with Gasteiger partial charge in [-0.1, -0.05) is 12.1 Å². The van der Waals surface area contributed by atoms with Gasteiger partial charge in [0.05, 0.1) is 11.5 Å². The standard InChI is InChI=1S/C17H23FN2O2/c1-3-19(4-2)16(21)13-8-7-11-20(12-13)17(22)14-9-5-6-10-15(14)18/h5-6,9-10,13H,3-4,7-8,11-12H2,1-2H3. The number of carbonyl (C=O) groups is 2. The fraction of sp³-hybridized carbons (Fsp3) is 0.529. The summed E-state index contributed by atoms with van der Waals surface area (Å²) in [5, 5.41) is 0. The first-order chi connectivity index (χ1) is 10.6. The van der Waals surface area contributed by atoms with Crippen molar-refractivity contribution >= 4 is 11.8 Å². The van der Waals surface area contributed by atoms with E-state index in [1.807, 2.05) is 13.8 Å². The van der Waals surface area contributed by atoms with E-state index in [1.54, 1.807) is 21.9 Å². The molecule has 0 N–H and O–H groups in total. The minimum absolute atomic E-state index is 0.0819. The van der Waals surface area contributed by atoms with E-state index in [2.05, 4.69) is 0 Å². The quantitative estimate of drug-likeness (QED) is 0.858. The Hall–Kier alpha value is -1.91. The summed E-state index contributed by atoms with van der Waals surface area (Å²) in [6.45, 7) is 6.21. The third-order valence-corrected chi connectivity index (χ3v) is 4.24. The van der Waals surface area contributed by atoms with E-state index in [0.717, 1.165) is 12.8 Å². The highest BCUT2D eigenvalue weighted by Crippen LogP contribution is 2.21. The molecule has 0 aliphatic carbocycles. The molecule has 2 rings (SSSR count). The topological polar surface area (TPSA) is 40.6 Å². The molecule has 1 fully saturated rings. The Morgan fingerprint density at radius 2 is 1.95 bits per heavy atom. The van der Waals surface area contributed by atoms with Crippen molar-refractivity contribution in [2.75, 3.05) is 26.2 Å². The maximum atomic E-state index is 13.8. The van der Waals surface area contributed by atoms with Crippen LogP contribution in [0.15, 0.2) is 24.3 Å². The van der Waals surface area contributed by atoms with Crippen LogP contribution in [0.5, 0.6) is 0 Å². The van der Waals surface area contributed by atoms with E-state index in [4.69, 9.17) is 0 Å². The Bertz CT molecular complexity index is 543. The second-order valence-electron chi connectivity index (χ2n) is 5.58. The molecule has 2 amide bonds. The fourth-order valence-electron chi connectivity index (χ4n) is 2.96. The lowest BCUT2D eigenvalue weighted by molar-refractivity contribution is -0.136. The molecule has 1 aliphatic heterocycles.